The molecule has 0 amide bonds. The number of benzene rings is 1. The van der Waals surface area contributed by atoms with E-state index >= 15 is 0 Å². The summed E-state index contributed by atoms with van der Waals surface area (Å²) < 4.78 is 130. The van der Waals surface area contributed by atoms with E-state index in [9.17, 15) is 49.1 Å². The highest BCUT2D eigenvalue weighted by molar-refractivity contribution is 5.76. The molecule has 0 fully saturated rings. The maximum Gasteiger partial charge on any atom is 0.460 e. The predicted molar refractivity (Wildman–Crippen MR) is 126 cm³/mol. The van der Waals surface area contributed by atoms with Crippen LogP contribution in [0, 0.1) is 16.7 Å². The Morgan fingerprint density at radius 3 is 1.75 bits per heavy atom. The fourth-order valence-corrected chi connectivity index (χ4v) is 3.27. The van der Waals surface area contributed by atoms with E-state index in [1.54, 1.807) is 0 Å². The van der Waals surface area contributed by atoms with Gasteiger partial charge in [0.2, 0.25) is 0 Å². The number of carbonyl (C=O) groups excluding carboxylic acids is 2. The molecule has 1 atom stereocenters. The summed E-state index contributed by atoms with van der Waals surface area (Å²) >= 11 is 0. The monoisotopic (exact) mass is 596 g/mol. The topological polar surface area (TPSA) is 61.8 Å². The molecule has 0 bridgehead atoms. The van der Waals surface area contributed by atoms with Gasteiger partial charge in [-0.3, -0.25) is 4.79 Å². The van der Waals surface area contributed by atoms with Crippen molar-refractivity contribution < 1.29 is 63.3 Å². The first kappa shape index (κ1) is 35.4. The number of ether oxygens (including phenoxy) is 3. The minimum absolute atomic E-state index is 0.0259. The van der Waals surface area contributed by atoms with Crippen LogP contribution in [0.15, 0.2) is 24.3 Å². The zero-order valence-corrected chi connectivity index (χ0v) is 22.9. The lowest BCUT2D eigenvalue weighted by Gasteiger charge is -2.35. The SMILES string of the molecule is CCC(C)(C)CC(C(=O)Oc1ccc(OCC(=O)OCCC(F)(F)C(F)(F)C(F)(F)C(F)(F)F)cc1)C(C)(C)C. The van der Waals surface area contributed by atoms with Gasteiger partial charge >= 0.3 is 35.9 Å². The normalized spacial score (nSPS) is 14.5. The van der Waals surface area contributed by atoms with Gasteiger partial charge in [-0.05, 0) is 41.5 Å². The minimum Gasteiger partial charge on any atom is -0.482 e. The summed E-state index contributed by atoms with van der Waals surface area (Å²) in [5.74, 6) is -21.7. The van der Waals surface area contributed by atoms with Crippen LogP contribution in [0.4, 0.5) is 39.5 Å². The molecular weight excluding hydrogens is 563 g/mol. The first-order chi connectivity index (χ1) is 17.9. The third kappa shape index (κ3) is 8.92. The second kappa shape index (κ2) is 12.5. The first-order valence-electron chi connectivity index (χ1n) is 12.2. The van der Waals surface area contributed by atoms with E-state index in [1.165, 1.54) is 24.3 Å². The Balaban J connectivity index is 2.67. The molecule has 1 aromatic rings. The van der Waals surface area contributed by atoms with Gasteiger partial charge in [0.15, 0.2) is 6.61 Å². The summed E-state index contributed by atoms with van der Waals surface area (Å²) in [6.07, 6.45) is -7.80. The van der Waals surface area contributed by atoms with E-state index in [0.29, 0.717) is 6.42 Å². The summed E-state index contributed by atoms with van der Waals surface area (Å²) in [6.45, 7) is 9.36. The number of esters is 2. The van der Waals surface area contributed by atoms with E-state index in [2.05, 4.69) is 4.74 Å². The lowest BCUT2D eigenvalue weighted by Crippen LogP contribution is -2.61. The van der Waals surface area contributed by atoms with Gasteiger partial charge in [-0.2, -0.15) is 39.5 Å². The zero-order valence-electron chi connectivity index (χ0n) is 22.9. The molecule has 0 aromatic heterocycles. The standard InChI is InChI=1S/C26H33F9O5/c1-7-22(5,6)14-18(21(2,3)4)20(37)40-17-10-8-16(9-11-17)39-15-19(36)38-13-12-23(27,28)24(29,30)25(31,32)26(33,34)35/h8-11,18H,7,12-15H2,1-6H3. The molecule has 0 heterocycles. The Kier molecular flexibility index (Phi) is 11.0. The van der Waals surface area contributed by atoms with Crippen LogP contribution in [-0.2, 0) is 14.3 Å². The van der Waals surface area contributed by atoms with Gasteiger partial charge in [0, 0.05) is 0 Å². The van der Waals surface area contributed by atoms with Gasteiger partial charge < -0.3 is 14.2 Å². The van der Waals surface area contributed by atoms with Gasteiger partial charge in [0.25, 0.3) is 0 Å². The second-order valence-electron chi connectivity index (χ2n) is 11.1. The van der Waals surface area contributed by atoms with Gasteiger partial charge in [-0.1, -0.05) is 48.0 Å². The van der Waals surface area contributed by atoms with E-state index in [1.807, 2.05) is 41.5 Å². The lowest BCUT2D eigenvalue weighted by molar-refractivity contribution is -0.397. The van der Waals surface area contributed by atoms with E-state index in [-0.39, 0.29) is 22.3 Å². The Morgan fingerprint density at radius 1 is 0.800 bits per heavy atom. The van der Waals surface area contributed by atoms with Crippen molar-refractivity contribution >= 4 is 11.9 Å². The number of halogens is 9. The Hall–Kier alpha value is -2.67. The quantitative estimate of drug-likeness (QED) is 0.132. The van der Waals surface area contributed by atoms with E-state index in [0.717, 1.165) is 6.42 Å². The van der Waals surface area contributed by atoms with Crippen molar-refractivity contribution in [2.45, 2.75) is 84.7 Å². The number of hydrogen-bond acceptors (Lipinski definition) is 5. The van der Waals surface area contributed by atoms with Gasteiger partial charge in [0.1, 0.15) is 11.5 Å². The van der Waals surface area contributed by atoms with E-state index in [4.69, 9.17) is 9.47 Å². The summed E-state index contributed by atoms with van der Waals surface area (Å²) in [6, 6.07) is 5.30. The lowest BCUT2D eigenvalue weighted by atomic mass is 9.70. The Labute approximate surface area is 226 Å². The van der Waals surface area contributed by atoms with Crippen molar-refractivity contribution in [3.05, 3.63) is 24.3 Å². The maximum atomic E-state index is 13.5. The summed E-state index contributed by atoms with van der Waals surface area (Å²) in [5.41, 5.74) is -0.486. The summed E-state index contributed by atoms with van der Waals surface area (Å²) in [4.78, 5) is 24.5. The van der Waals surface area contributed by atoms with Crippen LogP contribution in [0.2, 0.25) is 0 Å². The third-order valence-corrected chi connectivity index (χ3v) is 6.33. The van der Waals surface area contributed by atoms with Gasteiger partial charge in [0.05, 0.1) is 18.9 Å². The first-order valence-corrected chi connectivity index (χ1v) is 12.2. The molecule has 230 valence electrons. The molecule has 0 N–H and O–H groups in total. The van der Waals surface area contributed by atoms with Crippen LogP contribution in [0.25, 0.3) is 0 Å². The molecule has 1 aromatic carbocycles. The average Bonchev–Trinajstić information content (AvgIpc) is 2.80. The molecule has 1 rings (SSSR count). The molecule has 0 aliphatic heterocycles. The van der Waals surface area contributed by atoms with Gasteiger partial charge in [-0.15, -0.1) is 0 Å². The molecule has 0 saturated heterocycles. The van der Waals surface area contributed by atoms with Crippen LogP contribution in [0.5, 0.6) is 11.5 Å². The molecule has 1 unspecified atom stereocenters. The van der Waals surface area contributed by atoms with Crippen LogP contribution in [0.3, 0.4) is 0 Å². The zero-order chi connectivity index (χ0) is 31.4. The van der Waals surface area contributed by atoms with Crippen LogP contribution in [-0.4, -0.2) is 49.1 Å². The highest BCUT2D eigenvalue weighted by Crippen LogP contribution is 2.54. The highest BCUT2D eigenvalue weighted by Gasteiger charge is 2.81. The van der Waals surface area contributed by atoms with Crippen molar-refractivity contribution in [2.75, 3.05) is 13.2 Å². The van der Waals surface area contributed by atoms with E-state index < -0.39 is 61.4 Å². The molecule has 0 aliphatic carbocycles. The van der Waals surface area contributed by atoms with Crippen LogP contribution in [0.1, 0.15) is 60.8 Å². The molecular formula is C26H33F9O5. The van der Waals surface area contributed by atoms with Crippen molar-refractivity contribution in [1.82, 2.24) is 0 Å². The predicted octanol–water partition coefficient (Wildman–Crippen LogP) is 7.86. The molecule has 0 aliphatic rings. The van der Waals surface area contributed by atoms with Crippen molar-refractivity contribution in [3.8, 4) is 11.5 Å². The molecule has 0 radical (unpaired) electrons. The second-order valence-corrected chi connectivity index (χ2v) is 11.1. The van der Waals surface area contributed by atoms with Crippen molar-refractivity contribution in [2.24, 2.45) is 16.7 Å². The smallest absolute Gasteiger partial charge is 0.460 e. The highest BCUT2D eigenvalue weighted by atomic mass is 19.4. The Morgan fingerprint density at radius 2 is 1.30 bits per heavy atom. The molecule has 0 saturated carbocycles. The summed E-state index contributed by atoms with van der Waals surface area (Å²) in [5, 5.41) is 0. The Bertz CT molecular complexity index is 997. The van der Waals surface area contributed by atoms with Crippen molar-refractivity contribution in [3.63, 3.8) is 0 Å². The third-order valence-electron chi connectivity index (χ3n) is 6.33. The molecule has 5 nitrogen and oxygen atoms in total. The summed E-state index contributed by atoms with van der Waals surface area (Å²) in [7, 11) is 0. The fourth-order valence-electron chi connectivity index (χ4n) is 3.27. The number of rotatable bonds is 13. The number of hydrogen-bond donors (Lipinski definition) is 0. The molecule has 40 heavy (non-hydrogen) atoms. The number of alkyl halides is 9. The minimum atomic E-state index is -7.02. The largest absolute Gasteiger partial charge is 0.482 e. The van der Waals surface area contributed by atoms with Crippen LogP contribution >= 0.6 is 0 Å². The maximum absolute atomic E-state index is 13.5. The fraction of sp³-hybridized carbons (Fsp3) is 0.692. The molecule has 0 spiro atoms. The van der Waals surface area contributed by atoms with Gasteiger partial charge in [-0.25, -0.2) is 4.79 Å². The number of carbonyl (C=O) groups is 2. The average molecular weight is 597 g/mol. The van der Waals surface area contributed by atoms with Crippen molar-refractivity contribution in [1.29, 1.82) is 0 Å². The molecule has 14 heteroatoms. The van der Waals surface area contributed by atoms with Crippen LogP contribution < -0.4 is 9.47 Å².